The van der Waals surface area contributed by atoms with Crippen molar-refractivity contribution in [3.05, 3.63) is 58.3 Å². The number of amides is 1. The minimum Gasteiger partial charge on any atom is -0.481 e. The van der Waals surface area contributed by atoms with E-state index in [1.807, 2.05) is 17.5 Å². The lowest BCUT2D eigenvalue weighted by Crippen LogP contribution is -2.13. The van der Waals surface area contributed by atoms with Gasteiger partial charge in [-0.25, -0.2) is 0 Å². The van der Waals surface area contributed by atoms with Crippen LogP contribution in [0.25, 0.3) is 6.08 Å². The molecule has 0 fully saturated rings. The van der Waals surface area contributed by atoms with Crippen LogP contribution < -0.4 is 5.32 Å². The molecule has 23 heavy (non-hydrogen) atoms. The molecular weight excluding hydrogens is 314 g/mol. The van der Waals surface area contributed by atoms with E-state index in [1.165, 1.54) is 6.08 Å². The highest BCUT2D eigenvalue weighted by molar-refractivity contribution is 7.10. The van der Waals surface area contributed by atoms with Crippen molar-refractivity contribution in [3.63, 3.8) is 0 Å². The quantitative estimate of drug-likeness (QED) is 0.602. The number of hydrogen-bond donors (Lipinski definition) is 2. The summed E-state index contributed by atoms with van der Waals surface area (Å²) < 4.78 is 0. The van der Waals surface area contributed by atoms with Gasteiger partial charge in [0.25, 0.3) is 0 Å². The third-order valence-electron chi connectivity index (χ3n) is 2.96. The lowest BCUT2D eigenvalue weighted by molar-refractivity contribution is -0.138. The Bertz CT molecular complexity index is 718. The number of thiophene rings is 1. The number of allylic oxidation sites excluding steroid dienone is 1. The molecule has 5 nitrogen and oxygen atoms in total. The second-order valence-corrected chi connectivity index (χ2v) is 5.71. The Morgan fingerprint density at radius 1 is 1.09 bits per heavy atom. The average molecular weight is 329 g/mol. The van der Waals surface area contributed by atoms with Gasteiger partial charge in [0, 0.05) is 22.5 Å². The van der Waals surface area contributed by atoms with Gasteiger partial charge in [-0.1, -0.05) is 6.07 Å². The van der Waals surface area contributed by atoms with Gasteiger partial charge in [-0.15, -0.1) is 11.3 Å². The molecule has 118 valence electrons. The molecule has 0 spiro atoms. The average Bonchev–Trinajstić information content (AvgIpc) is 3.05. The van der Waals surface area contributed by atoms with Crippen molar-refractivity contribution in [1.82, 2.24) is 0 Å². The van der Waals surface area contributed by atoms with Crippen LogP contribution in [0, 0.1) is 0 Å². The molecule has 0 unspecified atom stereocenters. The first-order valence-electron chi connectivity index (χ1n) is 6.92. The Labute approximate surface area is 137 Å². The number of carboxylic acid groups (broad SMARTS) is 1. The highest BCUT2D eigenvalue weighted by Gasteiger charge is 2.07. The van der Waals surface area contributed by atoms with Crippen molar-refractivity contribution < 1.29 is 19.5 Å². The van der Waals surface area contributed by atoms with Gasteiger partial charge in [-0.2, -0.15) is 0 Å². The van der Waals surface area contributed by atoms with Gasteiger partial charge in [0.2, 0.25) is 5.91 Å². The molecule has 1 aromatic carbocycles. The van der Waals surface area contributed by atoms with Gasteiger partial charge >= 0.3 is 5.97 Å². The Morgan fingerprint density at radius 3 is 2.43 bits per heavy atom. The maximum absolute atomic E-state index is 12.0. The Balaban J connectivity index is 1.92. The van der Waals surface area contributed by atoms with Crippen LogP contribution in [-0.2, 0) is 9.59 Å². The number of carboxylic acids is 1. The van der Waals surface area contributed by atoms with Crippen LogP contribution in [0.3, 0.4) is 0 Å². The van der Waals surface area contributed by atoms with Crippen LogP contribution in [0.15, 0.2) is 47.9 Å². The molecule has 0 radical (unpaired) electrons. The molecule has 0 saturated heterocycles. The van der Waals surface area contributed by atoms with Crippen LogP contribution in [0.1, 0.15) is 28.1 Å². The minimum atomic E-state index is -1.02. The second kappa shape index (κ2) is 8.05. The molecule has 0 atom stereocenters. The Morgan fingerprint density at radius 2 is 1.83 bits per heavy atom. The number of hydrogen-bond acceptors (Lipinski definition) is 4. The number of aliphatic carboxylic acids is 1. The van der Waals surface area contributed by atoms with Gasteiger partial charge in [0.15, 0.2) is 5.78 Å². The maximum atomic E-state index is 12.0. The predicted molar refractivity (Wildman–Crippen MR) is 89.6 cm³/mol. The summed E-state index contributed by atoms with van der Waals surface area (Å²) in [4.78, 5) is 34.9. The van der Waals surface area contributed by atoms with Crippen molar-refractivity contribution in [2.24, 2.45) is 0 Å². The van der Waals surface area contributed by atoms with Crippen molar-refractivity contribution in [1.29, 1.82) is 0 Å². The topological polar surface area (TPSA) is 83.5 Å². The summed E-state index contributed by atoms with van der Waals surface area (Å²) in [6, 6.07) is 10.3. The molecule has 6 heteroatoms. The molecule has 0 aliphatic heterocycles. The molecule has 1 heterocycles. The number of carbonyl (C=O) groups is 3. The first-order valence-corrected chi connectivity index (χ1v) is 7.80. The maximum Gasteiger partial charge on any atom is 0.303 e. The summed E-state index contributed by atoms with van der Waals surface area (Å²) >= 11 is 1.55. The van der Waals surface area contributed by atoms with Crippen molar-refractivity contribution in [2.75, 3.05) is 5.32 Å². The van der Waals surface area contributed by atoms with Crippen molar-refractivity contribution in [2.45, 2.75) is 12.8 Å². The zero-order valence-electron chi connectivity index (χ0n) is 12.2. The molecular formula is C17H15NO4S. The van der Waals surface area contributed by atoms with E-state index in [1.54, 1.807) is 41.7 Å². The summed E-state index contributed by atoms with van der Waals surface area (Å²) in [6.45, 7) is 0. The largest absolute Gasteiger partial charge is 0.481 e. The van der Waals surface area contributed by atoms with E-state index in [0.717, 1.165) is 4.88 Å². The molecule has 1 amide bonds. The number of nitrogens with one attached hydrogen (secondary N) is 1. The number of ketones is 1. The van der Waals surface area contributed by atoms with Crippen molar-refractivity contribution >= 4 is 40.8 Å². The third-order valence-corrected chi connectivity index (χ3v) is 3.80. The third kappa shape index (κ3) is 5.52. The summed E-state index contributed by atoms with van der Waals surface area (Å²) in [7, 11) is 0. The van der Waals surface area contributed by atoms with E-state index in [4.69, 9.17) is 5.11 Å². The fourth-order valence-corrected chi connectivity index (χ4v) is 2.42. The number of anilines is 1. The first kappa shape index (κ1) is 16.6. The van der Waals surface area contributed by atoms with Crippen LogP contribution in [0.5, 0.6) is 0 Å². The zero-order valence-corrected chi connectivity index (χ0v) is 13.0. The van der Waals surface area contributed by atoms with E-state index in [2.05, 4.69) is 5.32 Å². The minimum absolute atomic E-state index is 0.0838. The van der Waals surface area contributed by atoms with E-state index >= 15 is 0 Å². The van der Waals surface area contributed by atoms with Crippen LogP contribution in [0.2, 0.25) is 0 Å². The van der Waals surface area contributed by atoms with E-state index in [9.17, 15) is 14.4 Å². The van der Waals surface area contributed by atoms with E-state index in [0.29, 0.717) is 11.3 Å². The predicted octanol–water partition coefficient (Wildman–Crippen LogP) is 3.45. The van der Waals surface area contributed by atoms with Crippen LogP contribution >= 0.6 is 11.3 Å². The summed E-state index contributed by atoms with van der Waals surface area (Å²) in [5.41, 5.74) is 1.04. The van der Waals surface area contributed by atoms with Gasteiger partial charge in [0.1, 0.15) is 0 Å². The normalized spacial score (nSPS) is 10.6. The molecule has 2 aromatic rings. The first-order chi connectivity index (χ1) is 11.0. The van der Waals surface area contributed by atoms with Gasteiger partial charge in [-0.05, 0) is 47.9 Å². The SMILES string of the molecule is O=C(O)CCC(=O)Nc1ccc(C(=O)C=Cc2cccs2)cc1. The summed E-state index contributed by atoms with van der Waals surface area (Å²) in [6.07, 6.45) is 2.97. The molecule has 2 rings (SSSR count). The number of carbonyl (C=O) groups excluding carboxylic acids is 2. The highest BCUT2D eigenvalue weighted by Crippen LogP contribution is 2.14. The number of rotatable bonds is 7. The fourth-order valence-electron chi connectivity index (χ4n) is 1.80. The molecule has 1 aromatic heterocycles. The molecule has 0 bridgehead atoms. The Hall–Kier alpha value is -2.73. The van der Waals surface area contributed by atoms with Crippen molar-refractivity contribution in [3.8, 4) is 0 Å². The molecule has 0 saturated carbocycles. The van der Waals surface area contributed by atoms with E-state index < -0.39 is 5.97 Å². The number of benzene rings is 1. The van der Waals surface area contributed by atoms with Crippen LogP contribution in [0.4, 0.5) is 5.69 Å². The molecule has 2 N–H and O–H groups in total. The van der Waals surface area contributed by atoms with E-state index in [-0.39, 0.29) is 24.5 Å². The second-order valence-electron chi connectivity index (χ2n) is 4.73. The van der Waals surface area contributed by atoms with Gasteiger partial charge in [-0.3, -0.25) is 14.4 Å². The lowest BCUT2D eigenvalue weighted by atomic mass is 10.1. The lowest BCUT2D eigenvalue weighted by Gasteiger charge is -2.04. The van der Waals surface area contributed by atoms with Gasteiger partial charge < -0.3 is 10.4 Å². The fraction of sp³-hybridized carbons (Fsp3) is 0.118. The van der Waals surface area contributed by atoms with Gasteiger partial charge in [0.05, 0.1) is 6.42 Å². The summed E-state index contributed by atoms with van der Waals surface area (Å²) in [5, 5.41) is 13.0. The molecule has 0 aliphatic rings. The summed E-state index contributed by atoms with van der Waals surface area (Å²) in [5.74, 6) is -1.51. The molecule has 0 aliphatic carbocycles. The monoisotopic (exact) mass is 329 g/mol. The highest BCUT2D eigenvalue weighted by atomic mass is 32.1. The smallest absolute Gasteiger partial charge is 0.303 e. The Kier molecular flexibility index (Phi) is 5.82. The zero-order chi connectivity index (χ0) is 16.7. The standard InChI is InChI=1S/C17H15NO4S/c19-15(8-7-14-2-1-11-23-14)12-3-5-13(6-4-12)18-16(20)9-10-17(21)22/h1-8,11H,9-10H2,(H,18,20)(H,21,22). The van der Waals surface area contributed by atoms with Crippen LogP contribution in [-0.4, -0.2) is 22.8 Å².